The van der Waals surface area contributed by atoms with Crippen LogP contribution in [0.1, 0.15) is 71.9 Å². The molecule has 4 aromatic rings. The summed E-state index contributed by atoms with van der Waals surface area (Å²) < 4.78 is 39.0. The third-order valence-corrected chi connectivity index (χ3v) is 17.6. The lowest BCUT2D eigenvalue weighted by atomic mass is 9.94. The number of hydrogen-bond donors (Lipinski definition) is 0. The number of aryl methyl sites for hydroxylation is 1. The highest BCUT2D eigenvalue weighted by Crippen LogP contribution is 2.45. The van der Waals surface area contributed by atoms with Crippen LogP contribution in [0.3, 0.4) is 0 Å². The fourth-order valence-electron chi connectivity index (χ4n) is 8.63. The number of methoxy groups -OCH3 is 1. The van der Waals surface area contributed by atoms with Gasteiger partial charge in [0.2, 0.25) is 5.88 Å². The Hall–Kier alpha value is -3.22. The summed E-state index contributed by atoms with van der Waals surface area (Å²) in [5.74, 6) is 4.53. The number of fused-ring (bicyclic) bond motifs is 4. The van der Waals surface area contributed by atoms with Gasteiger partial charge >= 0.3 is 0 Å². The molecule has 47 heavy (non-hydrogen) atoms. The van der Waals surface area contributed by atoms with Crippen LogP contribution in [0.5, 0.6) is 5.88 Å². The van der Waals surface area contributed by atoms with Crippen LogP contribution in [0.4, 0.5) is 14.6 Å². The molecule has 3 heterocycles. The summed E-state index contributed by atoms with van der Waals surface area (Å²) in [6, 6.07) is 7.09. The van der Waals surface area contributed by atoms with E-state index in [9.17, 15) is 0 Å². The van der Waals surface area contributed by atoms with E-state index < -0.39 is 19.7 Å². The quantitative estimate of drug-likeness (QED) is 0.0843. The van der Waals surface area contributed by atoms with Gasteiger partial charge in [-0.15, -0.1) is 5.54 Å². The van der Waals surface area contributed by atoms with Crippen molar-refractivity contribution in [1.29, 1.82) is 0 Å². The van der Waals surface area contributed by atoms with Gasteiger partial charge in [-0.2, -0.15) is 0 Å². The van der Waals surface area contributed by atoms with Gasteiger partial charge in [-0.05, 0) is 84.0 Å². The largest absolute Gasteiger partial charge is 0.480 e. The molecule has 6 rings (SSSR count). The van der Waals surface area contributed by atoms with Crippen LogP contribution in [-0.2, 0) is 0 Å². The summed E-state index contributed by atoms with van der Waals surface area (Å²) in [5.41, 5.74) is 6.76. The van der Waals surface area contributed by atoms with Crippen LogP contribution in [0, 0.1) is 41.9 Å². The number of nitrogens with zero attached hydrogens (tertiary/aromatic N) is 4. The molecule has 1 saturated heterocycles. The van der Waals surface area contributed by atoms with Crippen molar-refractivity contribution in [2.45, 2.75) is 89.5 Å². The maximum Gasteiger partial charge on any atom is 0.227 e. The van der Waals surface area contributed by atoms with E-state index in [2.05, 4.69) is 57.9 Å². The van der Waals surface area contributed by atoms with Gasteiger partial charge in [0.05, 0.1) is 12.7 Å². The zero-order valence-corrected chi connectivity index (χ0v) is 30.9. The zero-order chi connectivity index (χ0) is 33.8. The van der Waals surface area contributed by atoms with Crippen LogP contribution in [-0.4, -0.2) is 49.5 Å². The standard InChI is InChI=1S/C38H46F2N4OSSi/c1-21(2)47(22(3)4,23(5)6)15-14-28-30(39)13-12-27-16-24(7)17-29(31(27)28)34-33(40)35-32(37(41-34)45-8)36(43-38(42-35)46-9)44-19-25-10-11-26(18-25)20-44/h12-13,16-17,21-23,25-26H,10-11,18-20H2,1-9H3. The molecule has 0 radical (unpaired) electrons. The van der Waals surface area contributed by atoms with Gasteiger partial charge in [0.15, 0.2) is 11.0 Å². The second-order valence-corrected chi connectivity index (χ2v) is 20.8. The first-order valence-electron chi connectivity index (χ1n) is 16.9. The Morgan fingerprint density at radius 1 is 0.936 bits per heavy atom. The molecule has 2 aromatic heterocycles. The summed E-state index contributed by atoms with van der Waals surface area (Å²) in [4.78, 5) is 16.7. The molecule has 248 valence electrons. The first-order valence-corrected chi connectivity index (χ1v) is 20.4. The van der Waals surface area contributed by atoms with E-state index in [0.717, 1.165) is 24.0 Å². The molecule has 1 aliphatic carbocycles. The number of hydrogen-bond acceptors (Lipinski definition) is 6. The van der Waals surface area contributed by atoms with Gasteiger partial charge in [0, 0.05) is 24.0 Å². The first kappa shape index (κ1) is 33.7. The fraction of sp³-hybridized carbons (Fsp3) is 0.500. The Kier molecular flexibility index (Phi) is 9.31. The van der Waals surface area contributed by atoms with Crippen molar-refractivity contribution in [3.8, 4) is 28.6 Å². The van der Waals surface area contributed by atoms with Gasteiger partial charge in [-0.1, -0.05) is 71.4 Å². The molecule has 0 amide bonds. The fourth-order valence-corrected chi connectivity index (χ4v) is 14.2. The lowest BCUT2D eigenvalue weighted by Crippen LogP contribution is -2.43. The van der Waals surface area contributed by atoms with Crippen LogP contribution >= 0.6 is 11.8 Å². The van der Waals surface area contributed by atoms with Crippen molar-refractivity contribution < 1.29 is 13.5 Å². The lowest BCUT2D eigenvalue weighted by molar-refractivity contribution is 0.400. The van der Waals surface area contributed by atoms with E-state index in [0.29, 0.717) is 55.8 Å². The molecule has 2 aromatic carbocycles. The molecule has 2 bridgehead atoms. The number of pyridine rings is 1. The molecule has 2 aliphatic rings. The van der Waals surface area contributed by atoms with Crippen molar-refractivity contribution in [1.82, 2.24) is 15.0 Å². The monoisotopic (exact) mass is 672 g/mol. The summed E-state index contributed by atoms with van der Waals surface area (Å²) in [7, 11) is -0.640. The first-order chi connectivity index (χ1) is 22.4. The number of aromatic nitrogens is 3. The highest BCUT2D eigenvalue weighted by Gasteiger charge is 2.42. The van der Waals surface area contributed by atoms with E-state index in [4.69, 9.17) is 19.7 Å². The van der Waals surface area contributed by atoms with E-state index in [1.807, 2.05) is 25.3 Å². The van der Waals surface area contributed by atoms with Gasteiger partial charge in [0.25, 0.3) is 0 Å². The van der Waals surface area contributed by atoms with E-state index >= 15 is 8.78 Å². The molecule has 9 heteroatoms. The molecule has 2 atom stereocenters. The minimum Gasteiger partial charge on any atom is -0.480 e. The van der Waals surface area contributed by atoms with E-state index in [1.165, 1.54) is 37.1 Å². The van der Waals surface area contributed by atoms with Gasteiger partial charge in [-0.3, -0.25) is 0 Å². The Bertz CT molecular complexity index is 1880. The van der Waals surface area contributed by atoms with Crippen LogP contribution in [0.15, 0.2) is 29.4 Å². The Labute approximate surface area is 283 Å². The second kappa shape index (κ2) is 13.0. The molecular weight excluding hydrogens is 627 g/mol. The topological polar surface area (TPSA) is 51.1 Å². The Morgan fingerprint density at radius 2 is 1.60 bits per heavy atom. The SMILES string of the molecule is COc1nc(-c2cc(C)cc3ccc(F)c(C#C[Si](C(C)C)(C(C)C)C(C)C)c23)c(F)c2nc(SC)nc(N3CC4CCC(C4)C3)c12. The highest BCUT2D eigenvalue weighted by atomic mass is 32.2. The molecule has 0 N–H and O–H groups in total. The van der Waals surface area contributed by atoms with Crippen LogP contribution < -0.4 is 9.64 Å². The van der Waals surface area contributed by atoms with Crippen molar-refractivity contribution in [3.63, 3.8) is 0 Å². The molecule has 2 fully saturated rings. The normalized spacial score (nSPS) is 18.1. The third-order valence-electron chi connectivity index (χ3n) is 10.7. The summed E-state index contributed by atoms with van der Waals surface area (Å²) in [6.45, 7) is 17.1. The number of rotatable bonds is 7. The maximum absolute atomic E-state index is 17.1. The maximum atomic E-state index is 17.1. The number of benzene rings is 2. The van der Waals surface area contributed by atoms with Crippen molar-refractivity contribution in [3.05, 3.63) is 47.0 Å². The molecule has 5 nitrogen and oxygen atoms in total. The van der Waals surface area contributed by atoms with Crippen molar-refractivity contribution >= 4 is 47.3 Å². The molecule has 0 spiro atoms. The predicted octanol–water partition coefficient (Wildman–Crippen LogP) is 9.97. The number of halogens is 2. The number of ether oxygens (including phenoxy) is 1. The minimum absolute atomic E-state index is 0.0761. The molecule has 1 aliphatic heterocycles. The summed E-state index contributed by atoms with van der Waals surface area (Å²) >= 11 is 1.39. The molecule has 2 unspecified atom stereocenters. The zero-order valence-electron chi connectivity index (χ0n) is 29.1. The Morgan fingerprint density at radius 3 is 2.19 bits per heavy atom. The van der Waals surface area contributed by atoms with Crippen LogP contribution in [0.25, 0.3) is 32.9 Å². The average Bonchev–Trinajstić information content (AvgIpc) is 3.37. The van der Waals surface area contributed by atoms with E-state index in [-0.39, 0.29) is 22.7 Å². The number of piperidine rings is 1. The Balaban J connectivity index is 1.64. The smallest absolute Gasteiger partial charge is 0.227 e. The summed E-state index contributed by atoms with van der Waals surface area (Å²) in [5, 5.41) is 2.32. The van der Waals surface area contributed by atoms with Gasteiger partial charge in [-0.25, -0.2) is 23.7 Å². The summed E-state index contributed by atoms with van der Waals surface area (Å²) in [6.07, 6.45) is 5.56. The second-order valence-electron chi connectivity index (χ2n) is 14.5. The third kappa shape index (κ3) is 5.80. The lowest BCUT2D eigenvalue weighted by Gasteiger charge is -2.38. The van der Waals surface area contributed by atoms with Gasteiger partial charge < -0.3 is 9.64 Å². The molecule has 1 saturated carbocycles. The van der Waals surface area contributed by atoms with E-state index in [1.54, 1.807) is 13.2 Å². The number of thioether (sulfide) groups is 1. The van der Waals surface area contributed by atoms with Crippen LogP contribution in [0.2, 0.25) is 16.6 Å². The van der Waals surface area contributed by atoms with Crippen molar-refractivity contribution in [2.24, 2.45) is 11.8 Å². The molecular formula is C38H46F2N4OSSi. The van der Waals surface area contributed by atoms with Gasteiger partial charge in [0.1, 0.15) is 36.3 Å². The predicted molar refractivity (Wildman–Crippen MR) is 194 cm³/mol. The highest BCUT2D eigenvalue weighted by molar-refractivity contribution is 7.98. The minimum atomic E-state index is -2.19. The van der Waals surface area contributed by atoms with Crippen molar-refractivity contribution in [2.75, 3.05) is 31.4 Å². The number of anilines is 1. The average molecular weight is 673 g/mol.